The van der Waals surface area contributed by atoms with Gasteiger partial charge in [0.15, 0.2) is 0 Å². The van der Waals surface area contributed by atoms with Crippen molar-refractivity contribution < 1.29 is 0 Å². The third-order valence-electron chi connectivity index (χ3n) is 12.0. The fourth-order valence-electron chi connectivity index (χ4n) is 10.1. The Morgan fingerprint density at radius 3 is 1.24 bits per heavy atom. The average molecular weight is 948 g/mol. The highest BCUT2D eigenvalue weighted by molar-refractivity contribution is 9.11. The fraction of sp³-hybridized carbons (Fsp3) is 0.0400. The second kappa shape index (κ2) is 12.1. The molecule has 0 radical (unpaired) electrons. The molecule has 4 heteroatoms. The van der Waals surface area contributed by atoms with Gasteiger partial charge in [-0.2, -0.15) is 0 Å². The van der Waals surface area contributed by atoms with E-state index in [4.69, 9.17) is 0 Å². The predicted molar refractivity (Wildman–Crippen MR) is 236 cm³/mol. The number of fused-ring (bicyclic) bond motifs is 14. The van der Waals surface area contributed by atoms with Crippen LogP contribution in [0, 0.1) is 0 Å². The maximum absolute atomic E-state index is 3.91. The first kappa shape index (κ1) is 33.1. The van der Waals surface area contributed by atoms with Gasteiger partial charge in [0, 0.05) is 17.9 Å². The van der Waals surface area contributed by atoms with Gasteiger partial charge >= 0.3 is 0 Å². The van der Waals surface area contributed by atoms with E-state index in [1.807, 2.05) is 0 Å². The Kier molecular flexibility index (Phi) is 7.40. The van der Waals surface area contributed by atoms with E-state index in [2.05, 4.69) is 234 Å². The van der Waals surface area contributed by atoms with E-state index < -0.39 is 10.8 Å². The molecule has 0 aliphatic heterocycles. The van der Waals surface area contributed by atoms with Crippen LogP contribution in [0.3, 0.4) is 0 Å². The minimum absolute atomic E-state index is 0.429. The summed E-state index contributed by atoms with van der Waals surface area (Å²) in [6, 6.07) is 63.6. The summed E-state index contributed by atoms with van der Waals surface area (Å²) >= 11 is 15.6. The first-order valence-electron chi connectivity index (χ1n) is 18.0. The molecule has 0 aromatic heterocycles. The molecular weight excluding hydrogens is 920 g/mol. The highest BCUT2D eigenvalue weighted by Gasteiger charge is 2.55. The predicted octanol–water partition coefficient (Wildman–Crippen LogP) is 15.1. The van der Waals surface area contributed by atoms with E-state index in [9.17, 15) is 0 Å². The minimum Gasteiger partial charge on any atom is -0.0622 e. The van der Waals surface area contributed by atoms with Crippen LogP contribution in [0.5, 0.6) is 0 Å². The number of rotatable bonds is 3. The van der Waals surface area contributed by atoms with Gasteiger partial charge in [0.2, 0.25) is 0 Å². The first-order chi connectivity index (χ1) is 26.4. The van der Waals surface area contributed by atoms with Crippen LogP contribution in [0.25, 0.3) is 44.5 Å². The van der Waals surface area contributed by atoms with Gasteiger partial charge in [-0.3, -0.25) is 0 Å². The second-order valence-electron chi connectivity index (χ2n) is 14.5. The van der Waals surface area contributed by atoms with Crippen molar-refractivity contribution in [2.45, 2.75) is 10.8 Å². The average Bonchev–Trinajstić information content (AvgIpc) is 3.77. The summed E-state index contributed by atoms with van der Waals surface area (Å²) in [5.74, 6) is 0. The smallest absolute Gasteiger partial charge is 0.0622 e. The van der Waals surface area contributed by atoms with Crippen molar-refractivity contribution in [1.29, 1.82) is 0 Å². The lowest BCUT2D eigenvalue weighted by Gasteiger charge is -2.35. The van der Waals surface area contributed by atoms with E-state index in [1.165, 1.54) is 89.0 Å². The van der Waals surface area contributed by atoms with Crippen LogP contribution in [-0.4, -0.2) is 0 Å². The Morgan fingerprint density at radius 2 is 0.704 bits per heavy atom. The molecule has 0 heterocycles. The number of hydrogen-bond donors (Lipinski definition) is 0. The Hall–Kier alpha value is -4.32. The third kappa shape index (κ3) is 4.34. The Morgan fingerprint density at radius 1 is 0.278 bits per heavy atom. The van der Waals surface area contributed by atoms with E-state index in [-0.39, 0.29) is 0 Å². The van der Waals surface area contributed by atoms with E-state index in [0.29, 0.717) is 0 Å². The van der Waals surface area contributed by atoms with E-state index in [1.54, 1.807) is 0 Å². The summed E-state index contributed by atoms with van der Waals surface area (Å²) in [5.41, 5.74) is 19.5. The van der Waals surface area contributed by atoms with Crippen molar-refractivity contribution in [3.05, 3.63) is 232 Å². The molecule has 0 fully saturated rings. The van der Waals surface area contributed by atoms with Crippen molar-refractivity contribution in [2.24, 2.45) is 0 Å². The highest BCUT2D eigenvalue weighted by Crippen LogP contribution is 2.68. The quantitative estimate of drug-likeness (QED) is 0.166. The third-order valence-corrected chi connectivity index (χ3v) is 13.8. The molecule has 0 amide bonds. The summed E-state index contributed by atoms with van der Waals surface area (Å²) in [6.45, 7) is 0. The zero-order chi connectivity index (χ0) is 36.3. The molecule has 8 aromatic carbocycles. The van der Waals surface area contributed by atoms with Gasteiger partial charge in [0.25, 0.3) is 0 Å². The van der Waals surface area contributed by atoms with Crippen LogP contribution >= 0.6 is 63.7 Å². The fourth-order valence-corrected chi connectivity index (χ4v) is 12.7. The molecule has 0 unspecified atom stereocenters. The van der Waals surface area contributed by atoms with Gasteiger partial charge in [-0.1, -0.05) is 191 Å². The lowest BCUT2D eigenvalue weighted by atomic mass is 9.66. The van der Waals surface area contributed by atoms with Crippen LogP contribution in [0.4, 0.5) is 0 Å². The van der Waals surface area contributed by atoms with Gasteiger partial charge in [-0.15, -0.1) is 0 Å². The van der Waals surface area contributed by atoms with Gasteiger partial charge in [0.05, 0.1) is 10.8 Å². The molecule has 3 aliphatic carbocycles. The summed E-state index contributed by atoms with van der Waals surface area (Å²) < 4.78 is 4.11. The molecule has 0 nitrogen and oxygen atoms in total. The van der Waals surface area contributed by atoms with Gasteiger partial charge in [0.1, 0.15) is 0 Å². The highest BCUT2D eigenvalue weighted by atomic mass is 79.9. The minimum atomic E-state index is -0.653. The second-order valence-corrected chi connectivity index (χ2v) is 18.2. The van der Waals surface area contributed by atoms with E-state index in [0.717, 1.165) is 17.9 Å². The molecule has 0 saturated heterocycles. The molecular formula is C50H28Br4. The molecule has 3 aliphatic rings. The van der Waals surface area contributed by atoms with Crippen LogP contribution in [-0.2, 0) is 10.8 Å². The Labute approximate surface area is 348 Å². The molecule has 0 saturated carbocycles. The van der Waals surface area contributed by atoms with Crippen LogP contribution < -0.4 is 0 Å². The summed E-state index contributed by atoms with van der Waals surface area (Å²) in [6.07, 6.45) is 0. The molecule has 0 N–H and O–H groups in total. The van der Waals surface area contributed by atoms with Crippen molar-refractivity contribution in [3.63, 3.8) is 0 Å². The molecule has 11 rings (SSSR count). The van der Waals surface area contributed by atoms with Crippen LogP contribution in [0.2, 0.25) is 0 Å². The van der Waals surface area contributed by atoms with Gasteiger partial charge in [-0.25, -0.2) is 0 Å². The largest absolute Gasteiger partial charge is 0.0725 e. The Bertz CT molecular complexity index is 2750. The molecule has 0 atom stereocenters. The van der Waals surface area contributed by atoms with Crippen LogP contribution in [0.1, 0.15) is 44.5 Å². The summed E-state index contributed by atoms with van der Waals surface area (Å²) in [7, 11) is 0. The Balaban J connectivity index is 1.34. The topological polar surface area (TPSA) is 0 Å². The van der Waals surface area contributed by atoms with Gasteiger partial charge in [-0.05, 0) is 131 Å². The molecule has 256 valence electrons. The lowest BCUT2D eigenvalue weighted by molar-refractivity contribution is 0.762. The lowest BCUT2D eigenvalue weighted by Crippen LogP contribution is -2.29. The normalized spacial score (nSPS) is 14.6. The van der Waals surface area contributed by atoms with E-state index >= 15 is 0 Å². The molecule has 8 aromatic rings. The number of hydrogen-bond acceptors (Lipinski definition) is 0. The van der Waals surface area contributed by atoms with Crippen molar-refractivity contribution in [1.82, 2.24) is 0 Å². The summed E-state index contributed by atoms with van der Waals surface area (Å²) in [4.78, 5) is 0. The maximum Gasteiger partial charge on any atom is 0.0725 e. The molecule has 0 bridgehead atoms. The first-order valence-corrected chi connectivity index (χ1v) is 21.2. The zero-order valence-electron chi connectivity index (χ0n) is 28.7. The molecule has 54 heavy (non-hydrogen) atoms. The SMILES string of the molecule is Brc1cc(Br)cc(C2(c3cc(Br)cc(Br)c3)c3cc(-c4ccccc4)ccc3-c3c2ccc2c3-c3ccccc3C23c2ccccc2-c2ccccc23)c1. The maximum atomic E-state index is 3.91. The zero-order valence-corrected chi connectivity index (χ0v) is 35.0. The molecule has 1 spiro atoms. The van der Waals surface area contributed by atoms with Crippen molar-refractivity contribution in [2.75, 3.05) is 0 Å². The van der Waals surface area contributed by atoms with Crippen LogP contribution in [0.15, 0.2) is 188 Å². The standard InChI is InChI=1S/C50H28Br4/c51-33-23-31(24-34(52)27-33)49(32-25-35(53)28-36(54)26-32)44-20-21-45-47(48(44)40-19-18-30(22-46(40)49)29-10-2-1-3-11-29)39-14-6-9-17-43(39)50(45)41-15-7-4-12-37(41)38-13-5-8-16-42(38)50/h1-28H. The number of halogens is 4. The van der Waals surface area contributed by atoms with Gasteiger partial charge < -0.3 is 0 Å². The van der Waals surface area contributed by atoms with Crippen molar-refractivity contribution >= 4 is 63.7 Å². The van der Waals surface area contributed by atoms with Crippen molar-refractivity contribution in [3.8, 4) is 44.5 Å². The number of benzene rings is 8. The summed E-state index contributed by atoms with van der Waals surface area (Å²) in [5, 5.41) is 0. The monoisotopic (exact) mass is 944 g/mol.